The fourth-order valence-electron chi connectivity index (χ4n) is 1.94. The first-order chi connectivity index (χ1) is 6.67. The number of hydrogen-bond donors (Lipinski definition) is 3. The topological polar surface area (TPSA) is 69.6 Å². The smallest absolute Gasteiger partial charge is 0.220 e. The summed E-state index contributed by atoms with van der Waals surface area (Å²) in [4.78, 5) is 11.2. The van der Waals surface area contributed by atoms with Crippen molar-refractivity contribution in [1.29, 1.82) is 0 Å². The van der Waals surface area contributed by atoms with Gasteiger partial charge in [-0.15, -0.1) is 0 Å². The van der Waals surface area contributed by atoms with Gasteiger partial charge in [-0.25, -0.2) is 0 Å². The second-order valence-corrected chi connectivity index (χ2v) is 4.00. The molecule has 82 valence electrons. The first-order valence-electron chi connectivity index (χ1n) is 5.25. The lowest BCUT2D eigenvalue weighted by molar-refractivity contribution is -0.121. The average molecular weight is 201 g/mol. The van der Waals surface area contributed by atoms with Crippen molar-refractivity contribution in [2.24, 2.45) is 5.92 Å². The predicted molar refractivity (Wildman–Crippen MR) is 52.7 cm³/mol. The number of hydrogen-bond acceptors (Lipinski definition) is 3. The zero-order valence-corrected chi connectivity index (χ0v) is 8.57. The molecule has 0 bridgehead atoms. The number of nitrogens with one attached hydrogen (secondary N) is 1. The number of amides is 1. The van der Waals surface area contributed by atoms with E-state index in [4.69, 9.17) is 5.11 Å². The van der Waals surface area contributed by atoms with Crippen LogP contribution in [0.2, 0.25) is 0 Å². The maximum atomic E-state index is 11.2. The lowest BCUT2D eigenvalue weighted by Crippen LogP contribution is -2.33. The van der Waals surface area contributed by atoms with E-state index in [9.17, 15) is 9.90 Å². The summed E-state index contributed by atoms with van der Waals surface area (Å²) < 4.78 is 0. The minimum absolute atomic E-state index is 0.00130. The molecule has 3 atom stereocenters. The Hall–Kier alpha value is -0.610. The summed E-state index contributed by atoms with van der Waals surface area (Å²) in [7, 11) is 0. The molecule has 1 aliphatic carbocycles. The summed E-state index contributed by atoms with van der Waals surface area (Å²) in [6, 6.07) is 0.0428. The molecule has 1 aliphatic rings. The van der Waals surface area contributed by atoms with E-state index in [0.29, 0.717) is 19.3 Å². The number of aliphatic hydroxyl groups excluding tert-OH is 2. The van der Waals surface area contributed by atoms with Crippen LogP contribution in [0, 0.1) is 5.92 Å². The summed E-state index contributed by atoms with van der Waals surface area (Å²) in [5.41, 5.74) is 0. The fraction of sp³-hybridized carbons (Fsp3) is 0.900. The molecule has 4 heteroatoms. The Kier molecular flexibility index (Phi) is 4.35. The van der Waals surface area contributed by atoms with Crippen LogP contribution in [0.4, 0.5) is 0 Å². The van der Waals surface area contributed by atoms with Crippen LogP contribution in [0.5, 0.6) is 0 Å². The third kappa shape index (κ3) is 2.96. The molecule has 1 fully saturated rings. The first-order valence-corrected chi connectivity index (χ1v) is 5.25. The van der Waals surface area contributed by atoms with Crippen molar-refractivity contribution in [2.75, 3.05) is 6.61 Å². The Balaban J connectivity index is 2.31. The lowest BCUT2D eigenvalue weighted by atomic mass is 10.1. The molecular weight excluding hydrogens is 182 g/mol. The highest BCUT2D eigenvalue weighted by molar-refractivity contribution is 5.76. The third-order valence-corrected chi connectivity index (χ3v) is 2.73. The number of carbonyl (C=O) groups excluding carboxylic acids is 1. The van der Waals surface area contributed by atoms with Gasteiger partial charge < -0.3 is 15.5 Å². The molecule has 0 aromatic rings. The molecule has 3 N–H and O–H groups in total. The number of carbonyl (C=O) groups is 1. The van der Waals surface area contributed by atoms with Gasteiger partial charge in [0.25, 0.3) is 0 Å². The zero-order valence-electron chi connectivity index (χ0n) is 8.57. The molecule has 0 aromatic carbocycles. The molecular formula is C10H19NO3. The first kappa shape index (κ1) is 11.5. The SMILES string of the molecule is CCCC(=O)N[C@H]1C[C@@H](CO)[C@@H](O)C1. The quantitative estimate of drug-likeness (QED) is 0.601. The van der Waals surface area contributed by atoms with Crippen molar-refractivity contribution < 1.29 is 15.0 Å². The number of aliphatic hydroxyl groups is 2. The van der Waals surface area contributed by atoms with Gasteiger partial charge in [0.05, 0.1) is 6.10 Å². The summed E-state index contributed by atoms with van der Waals surface area (Å²) in [5, 5.41) is 21.3. The van der Waals surface area contributed by atoms with Gasteiger partial charge in [0.2, 0.25) is 5.91 Å². The highest BCUT2D eigenvalue weighted by atomic mass is 16.3. The van der Waals surface area contributed by atoms with E-state index in [1.54, 1.807) is 0 Å². The molecule has 4 nitrogen and oxygen atoms in total. The molecule has 0 aliphatic heterocycles. The predicted octanol–water partition coefficient (Wildman–Crippen LogP) is 0.0345. The van der Waals surface area contributed by atoms with Gasteiger partial charge >= 0.3 is 0 Å². The van der Waals surface area contributed by atoms with Gasteiger partial charge in [-0.3, -0.25) is 4.79 Å². The van der Waals surface area contributed by atoms with Crippen LogP contribution in [0.1, 0.15) is 32.6 Å². The highest BCUT2D eigenvalue weighted by Gasteiger charge is 2.32. The van der Waals surface area contributed by atoms with Gasteiger partial charge in [0.15, 0.2) is 0 Å². The van der Waals surface area contributed by atoms with Crippen molar-refractivity contribution in [3.63, 3.8) is 0 Å². The molecule has 0 unspecified atom stereocenters. The Bertz CT molecular complexity index is 196. The number of rotatable bonds is 4. The van der Waals surface area contributed by atoms with E-state index in [0.717, 1.165) is 6.42 Å². The largest absolute Gasteiger partial charge is 0.396 e. The second-order valence-electron chi connectivity index (χ2n) is 4.00. The Morgan fingerprint density at radius 3 is 2.71 bits per heavy atom. The van der Waals surface area contributed by atoms with Gasteiger partial charge in [0, 0.05) is 25.0 Å². The maximum absolute atomic E-state index is 11.2. The summed E-state index contributed by atoms with van der Waals surface area (Å²) in [5.74, 6) is -0.0229. The molecule has 1 amide bonds. The standard InChI is InChI=1S/C10H19NO3/c1-2-3-10(14)11-8-4-7(6-12)9(13)5-8/h7-9,12-13H,2-6H2,1H3,(H,11,14)/t7-,8-,9-/m0/s1. The van der Waals surface area contributed by atoms with Gasteiger partial charge in [0.1, 0.15) is 0 Å². The van der Waals surface area contributed by atoms with Crippen LogP contribution < -0.4 is 5.32 Å². The maximum Gasteiger partial charge on any atom is 0.220 e. The van der Waals surface area contributed by atoms with Crippen molar-refractivity contribution in [3.8, 4) is 0 Å². The van der Waals surface area contributed by atoms with Crippen LogP contribution in [-0.4, -0.2) is 34.9 Å². The minimum Gasteiger partial charge on any atom is -0.396 e. The van der Waals surface area contributed by atoms with Crippen LogP contribution in [-0.2, 0) is 4.79 Å². The molecule has 1 rings (SSSR count). The normalized spacial score (nSPS) is 31.8. The Morgan fingerprint density at radius 1 is 1.50 bits per heavy atom. The van der Waals surface area contributed by atoms with E-state index in [1.807, 2.05) is 6.92 Å². The minimum atomic E-state index is -0.466. The Morgan fingerprint density at radius 2 is 2.21 bits per heavy atom. The summed E-state index contributed by atoms with van der Waals surface area (Å²) in [6.45, 7) is 1.96. The fourth-order valence-corrected chi connectivity index (χ4v) is 1.94. The van der Waals surface area contributed by atoms with Crippen molar-refractivity contribution in [2.45, 2.75) is 44.8 Å². The van der Waals surface area contributed by atoms with Crippen LogP contribution in [0.15, 0.2) is 0 Å². The molecule has 0 radical (unpaired) electrons. The lowest BCUT2D eigenvalue weighted by Gasteiger charge is -2.11. The van der Waals surface area contributed by atoms with Crippen molar-refractivity contribution >= 4 is 5.91 Å². The van der Waals surface area contributed by atoms with E-state index >= 15 is 0 Å². The zero-order chi connectivity index (χ0) is 10.6. The van der Waals surface area contributed by atoms with Crippen LogP contribution in [0.25, 0.3) is 0 Å². The molecule has 0 heterocycles. The molecule has 0 aromatic heterocycles. The Labute approximate surface area is 84.3 Å². The van der Waals surface area contributed by atoms with Gasteiger partial charge in [-0.2, -0.15) is 0 Å². The van der Waals surface area contributed by atoms with E-state index in [2.05, 4.69) is 5.32 Å². The second kappa shape index (κ2) is 5.32. The van der Waals surface area contributed by atoms with Crippen LogP contribution in [0.3, 0.4) is 0 Å². The van der Waals surface area contributed by atoms with E-state index in [1.165, 1.54) is 0 Å². The third-order valence-electron chi connectivity index (χ3n) is 2.73. The van der Waals surface area contributed by atoms with Crippen molar-refractivity contribution in [1.82, 2.24) is 5.32 Å². The summed E-state index contributed by atoms with van der Waals surface area (Å²) >= 11 is 0. The summed E-state index contributed by atoms with van der Waals surface area (Å²) in [6.07, 6.45) is 2.17. The molecule has 0 saturated heterocycles. The monoisotopic (exact) mass is 201 g/mol. The molecule has 0 spiro atoms. The highest BCUT2D eigenvalue weighted by Crippen LogP contribution is 2.25. The average Bonchev–Trinajstić information content (AvgIpc) is 2.46. The van der Waals surface area contributed by atoms with Crippen molar-refractivity contribution in [3.05, 3.63) is 0 Å². The van der Waals surface area contributed by atoms with Crippen LogP contribution >= 0.6 is 0 Å². The van der Waals surface area contributed by atoms with Gasteiger partial charge in [-0.1, -0.05) is 6.92 Å². The van der Waals surface area contributed by atoms with E-state index < -0.39 is 6.10 Å². The van der Waals surface area contributed by atoms with Gasteiger partial charge in [-0.05, 0) is 19.3 Å². The molecule has 1 saturated carbocycles. The van der Waals surface area contributed by atoms with E-state index in [-0.39, 0.29) is 24.5 Å². The molecule has 14 heavy (non-hydrogen) atoms.